The first kappa shape index (κ1) is 21.6. The van der Waals surface area contributed by atoms with Crippen molar-refractivity contribution < 1.29 is 8.78 Å². The van der Waals surface area contributed by atoms with Crippen LogP contribution < -0.4 is 0 Å². The van der Waals surface area contributed by atoms with Gasteiger partial charge in [-0.25, -0.2) is 8.78 Å². The molecule has 2 aliphatic carbocycles. The van der Waals surface area contributed by atoms with Gasteiger partial charge in [-0.1, -0.05) is 55.0 Å². The summed E-state index contributed by atoms with van der Waals surface area (Å²) >= 11 is 2.58. The number of hydrogen-bond donors (Lipinski definition) is 0. The van der Waals surface area contributed by atoms with Crippen molar-refractivity contribution in [2.75, 3.05) is 0 Å². The molecule has 0 aromatic heterocycles. The maximum atomic E-state index is 14.4. The first-order valence-corrected chi connectivity index (χ1v) is 11.9. The maximum absolute atomic E-state index is 14.4. The second-order valence-electron chi connectivity index (χ2n) is 8.53. The second-order valence-corrected chi connectivity index (χ2v) is 10.3. The van der Waals surface area contributed by atoms with Crippen molar-refractivity contribution >= 4 is 22.6 Å². The van der Waals surface area contributed by atoms with Crippen LogP contribution in [-0.2, 0) is 0 Å². The van der Waals surface area contributed by atoms with Crippen LogP contribution >= 0.6 is 22.6 Å². The van der Waals surface area contributed by atoms with Crippen LogP contribution in [0.3, 0.4) is 0 Å². The van der Waals surface area contributed by atoms with Gasteiger partial charge in [0.15, 0.2) is 0 Å². The summed E-state index contributed by atoms with van der Waals surface area (Å²) in [4.78, 5) is 0. The van der Waals surface area contributed by atoms with E-state index in [1.54, 1.807) is 0 Å². The van der Waals surface area contributed by atoms with E-state index in [-0.39, 0.29) is 11.8 Å². The average Bonchev–Trinajstić information content (AvgIpc) is 2.61. The lowest BCUT2D eigenvalue weighted by Crippen LogP contribution is -2.41. The standard InChI is InChI=1S/C22H37F2I/c1-3-7-19(25)9-6-4-5-8-17-11-13-18(14-12-17)20-15-10-16(2)21(23)22(20)24/h5,8,16-22H,3-4,6-7,9-15H2,1-2H3. The van der Waals surface area contributed by atoms with Gasteiger partial charge in [-0.2, -0.15) is 0 Å². The summed E-state index contributed by atoms with van der Waals surface area (Å²) < 4.78 is 29.2. The summed E-state index contributed by atoms with van der Waals surface area (Å²) in [5, 5.41) is 0. The van der Waals surface area contributed by atoms with E-state index in [1.165, 1.54) is 44.9 Å². The number of halogens is 3. The van der Waals surface area contributed by atoms with E-state index in [9.17, 15) is 8.78 Å². The zero-order chi connectivity index (χ0) is 18.2. The fraction of sp³-hybridized carbons (Fsp3) is 0.909. The third-order valence-corrected chi connectivity index (χ3v) is 7.78. The Hall–Kier alpha value is 0.330. The lowest BCUT2D eigenvalue weighted by molar-refractivity contribution is -0.00497. The molecule has 0 N–H and O–H groups in total. The van der Waals surface area contributed by atoms with Crippen LogP contribution in [0.2, 0.25) is 0 Å². The number of alkyl halides is 3. The normalized spacial score (nSPS) is 38.1. The Balaban J connectivity index is 1.65. The highest BCUT2D eigenvalue weighted by atomic mass is 127. The Morgan fingerprint density at radius 1 is 1.00 bits per heavy atom. The molecule has 0 amide bonds. The molecule has 0 heterocycles. The average molecular weight is 466 g/mol. The van der Waals surface area contributed by atoms with Crippen LogP contribution in [0.15, 0.2) is 12.2 Å². The minimum absolute atomic E-state index is 0.0183. The third kappa shape index (κ3) is 6.77. The number of hydrogen-bond acceptors (Lipinski definition) is 0. The van der Waals surface area contributed by atoms with Crippen LogP contribution in [0.4, 0.5) is 8.78 Å². The molecule has 0 aromatic carbocycles. The van der Waals surface area contributed by atoms with E-state index in [0.29, 0.717) is 11.8 Å². The highest BCUT2D eigenvalue weighted by Gasteiger charge is 2.42. The number of rotatable bonds is 8. The Kier molecular flexibility index (Phi) is 9.72. The summed E-state index contributed by atoms with van der Waals surface area (Å²) in [6.45, 7) is 4.12. The van der Waals surface area contributed by atoms with Gasteiger partial charge in [0.2, 0.25) is 0 Å². The van der Waals surface area contributed by atoms with Crippen LogP contribution in [0.5, 0.6) is 0 Å². The lowest BCUT2D eigenvalue weighted by Gasteiger charge is -2.40. The molecule has 2 saturated carbocycles. The van der Waals surface area contributed by atoms with Gasteiger partial charge >= 0.3 is 0 Å². The van der Waals surface area contributed by atoms with Gasteiger partial charge in [-0.3, -0.25) is 0 Å². The molecule has 0 saturated heterocycles. The second kappa shape index (κ2) is 11.2. The first-order valence-electron chi connectivity index (χ1n) is 10.6. The molecule has 0 bridgehead atoms. The quantitative estimate of drug-likeness (QED) is 0.148. The molecular formula is C22H37F2I. The lowest BCUT2D eigenvalue weighted by atomic mass is 9.68. The Morgan fingerprint density at radius 3 is 2.40 bits per heavy atom. The number of unbranched alkanes of at least 4 members (excludes halogenated alkanes) is 1. The summed E-state index contributed by atoms with van der Waals surface area (Å²) in [6.07, 6.45) is 15.0. The number of allylic oxidation sites excluding steroid dienone is 2. The largest absolute Gasteiger partial charge is 0.244 e. The highest BCUT2D eigenvalue weighted by Crippen LogP contribution is 2.43. The van der Waals surface area contributed by atoms with Crippen LogP contribution in [0, 0.1) is 23.7 Å². The molecule has 2 aliphatic rings. The monoisotopic (exact) mass is 466 g/mol. The van der Waals surface area contributed by atoms with E-state index >= 15 is 0 Å². The van der Waals surface area contributed by atoms with E-state index in [1.807, 2.05) is 6.92 Å². The Labute approximate surface area is 167 Å². The van der Waals surface area contributed by atoms with Crippen molar-refractivity contribution in [3.8, 4) is 0 Å². The van der Waals surface area contributed by atoms with Crippen molar-refractivity contribution in [1.82, 2.24) is 0 Å². The van der Waals surface area contributed by atoms with Crippen molar-refractivity contribution in [1.29, 1.82) is 0 Å². The van der Waals surface area contributed by atoms with Gasteiger partial charge in [-0.05, 0) is 87.9 Å². The highest BCUT2D eigenvalue weighted by molar-refractivity contribution is 14.1. The molecule has 2 fully saturated rings. The molecule has 0 nitrogen and oxygen atoms in total. The van der Waals surface area contributed by atoms with E-state index in [2.05, 4.69) is 41.7 Å². The van der Waals surface area contributed by atoms with Crippen LogP contribution in [0.1, 0.15) is 84.5 Å². The summed E-state index contributed by atoms with van der Waals surface area (Å²) in [6, 6.07) is 0. The Morgan fingerprint density at radius 2 is 1.72 bits per heavy atom. The summed E-state index contributed by atoms with van der Waals surface area (Å²) in [5.41, 5.74) is 0. The van der Waals surface area contributed by atoms with Gasteiger partial charge in [0, 0.05) is 3.92 Å². The van der Waals surface area contributed by atoms with Gasteiger partial charge < -0.3 is 0 Å². The van der Waals surface area contributed by atoms with E-state index < -0.39 is 12.3 Å². The molecule has 0 aliphatic heterocycles. The summed E-state index contributed by atoms with van der Waals surface area (Å²) in [7, 11) is 0. The Bertz CT molecular complexity index is 389. The molecule has 3 heteroatoms. The molecular weight excluding hydrogens is 429 g/mol. The molecule has 25 heavy (non-hydrogen) atoms. The predicted octanol–water partition coefficient (Wildman–Crippen LogP) is 7.85. The zero-order valence-electron chi connectivity index (χ0n) is 16.1. The molecule has 5 unspecified atom stereocenters. The maximum Gasteiger partial charge on any atom is 0.134 e. The van der Waals surface area contributed by atoms with Crippen molar-refractivity contribution in [2.24, 2.45) is 23.7 Å². The fourth-order valence-corrected chi connectivity index (χ4v) is 5.85. The van der Waals surface area contributed by atoms with Gasteiger partial charge in [0.05, 0.1) is 0 Å². The molecule has 0 radical (unpaired) electrons. The first-order chi connectivity index (χ1) is 12.0. The van der Waals surface area contributed by atoms with Crippen LogP contribution in [0.25, 0.3) is 0 Å². The molecule has 146 valence electrons. The van der Waals surface area contributed by atoms with Crippen molar-refractivity contribution in [3.63, 3.8) is 0 Å². The van der Waals surface area contributed by atoms with Gasteiger partial charge in [0.25, 0.3) is 0 Å². The topological polar surface area (TPSA) is 0 Å². The molecule has 5 atom stereocenters. The van der Waals surface area contributed by atoms with Crippen molar-refractivity contribution in [2.45, 2.75) is 101 Å². The van der Waals surface area contributed by atoms with E-state index in [4.69, 9.17) is 0 Å². The molecule has 0 spiro atoms. The van der Waals surface area contributed by atoms with Crippen LogP contribution in [-0.4, -0.2) is 16.3 Å². The van der Waals surface area contributed by atoms with Crippen molar-refractivity contribution in [3.05, 3.63) is 12.2 Å². The molecule has 0 aromatic rings. The van der Waals surface area contributed by atoms with E-state index in [0.717, 1.165) is 29.6 Å². The minimum atomic E-state index is -1.23. The fourth-order valence-electron chi connectivity index (χ4n) is 4.79. The van der Waals surface area contributed by atoms with Gasteiger partial charge in [0.1, 0.15) is 12.3 Å². The van der Waals surface area contributed by atoms with Gasteiger partial charge in [-0.15, -0.1) is 0 Å². The smallest absolute Gasteiger partial charge is 0.134 e. The zero-order valence-corrected chi connectivity index (χ0v) is 18.3. The minimum Gasteiger partial charge on any atom is -0.244 e. The summed E-state index contributed by atoms with van der Waals surface area (Å²) in [5.74, 6) is 0.975. The third-order valence-electron chi connectivity index (χ3n) is 6.53. The molecule has 2 rings (SSSR count). The predicted molar refractivity (Wildman–Crippen MR) is 113 cm³/mol. The SMILES string of the molecule is CCCC(I)CCCC=CC1CCC(C2CCC(C)C(F)C2F)CC1.